The van der Waals surface area contributed by atoms with E-state index in [0.717, 1.165) is 26.3 Å². The summed E-state index contributed by atoms with van der Waals surface area (Å²) in [4.78, 5) is 2.10. The molecule has 1 aliphatic heterocycles. The molecule has 10 heavy (non-hydrogen) atoms. The van der Waals surface area contributed by atoms with Crippen molar-refractivity contribution in [1.29, 1.82) is 0 Å². The van der Waals surface area contributed by atoms with E-state index in [-0.39, 0.29) is 6.79 Å². The van der Waals surface area contributed by atoms with Gasteiger partial charge in [0.2, 0.25) is 0 Å². The number of aliphatic hydroxyl groups is 1. The first-order valence-corrected chi connectivity index (χ1v) is 3.42. The van der Waals surface area contributed by atoms with Gasteiger partial charge in [-0.2, -0.15) is 0 Å². The van der Waals surface area contributed by atoms with Crippen molar-refractivity contribution < 1.29 is 14.6 Å². The van der Waals surface area contributed by atoms with Crippen LogP contribution in [0.25, 0.3) is 0 Å². The summed E-state index contributed by atoms with van der Waals surface area (Å²) in [5.74, 6) is 0. The Hall–Kier alpha value is -0.160. The highest BCUT2D eigenvalue weighted by atomic mass is 16.6. The van der Waals surface area contributed by atoms with Crippen LogP contribution in [0.1, 0.15) is 0 Å². The highest BCUT2D eigenvalue weighted by Gasteiger charge is 2.08. The second kappa shape index (κ2) is 4.62. The summed E-state index contributed by atoms with van der Waals surface area (Å²) >= 11 is 0. The maximum Gasteiger partial charge on any atom is 0.145 e. The van der Waals surface area contributed by atoms with Gasteiger partial charge in [-0.15, -0.1) is 0 Å². The highest BCUT2D eigenvalue weighted by molar-refractivity contribution is 4.56. The molecular weight excluding hydrogens is 134 g/mol. The fourth-order valence-corrected chi connectivity index (χ4v) is 0.900. The van der Waals surface area contributed by atoms with Crippen molar-refractivity contribution in [2.45, 2.75) is 0 Å². The van der Waals surface area contributed by atoms with Crippen molar-refractivity contribution in [3.8, 4) is 0 Å². The molecule has 1 aliphatic rings. The van der Waals surface area contributed by atoms with Gasteiger partial charge in [0.25, 0.3) is 0 Å². The Kier molecular flexibility index (Phi) is 3.67. The third kappa shape index (κ3) is 2.62. The molecule has 0 saturated carbocycles. The standard InChI is InChI=1S/C6H13NO3/c8-6-10-5-7-1-3-9-4-2-7/h8H,1-6H2. The first kappa shape index (κ1) is 7.94. The van der Waals surface area contributed by atoms with E-state index in [4.69, 9.17) is 14.6 Å². The van der Waals surface area contributed by atoms with Crippen molar-refractivity contribution in [3.63, 3.8) is 0 Å². The normalized spacial score (nSPS) is 21.3. The number of rotatable bonds is 3. The monoisotopic (exact) mass is 147 g/mol. The van der Waals surface area contributed by atoms with Gasteiger partial charge in [-0.05, 0) is 0 Å². The van der Waals surface area contributed by atoms with Crippen LogP contribution < -0.4 is 0 Å². The number of hydrogen-bond acceptors (Lipinski definition) is 4. The van der Waals surface area contributed by atoms with Gasteiger partial charge in [0.1, 0.15) is 13.5 Å². The molecule has 0 aromatic rings. The van der Waals surface area contributed by atoms with Gasteiger partial charge >= 0.3 is 0 Å². The molecule has 4 nitrogen and oxygen atoms in total. The Morgan fingerprint density at radius 2 is 2.10 bits per heavy atom. The molecule has 4 heteroatoms. The van der Waals surface area contributed by atoms with Crippen LogP contribution in [0, 0.1) is 0 Å². The van der Waals surface area contributed by atoms with Crippen LogP contribution in [-0.4, -0.2) is 49.8 Å². The van der Waals surface area contributed by atoms with Gasteiger partial charge in [0, 0.05) is 13.1 Å². The lowest BCUT2D eigenvalue weighted by Crippen LogP contribution is -2.37. The Labute approximate surface area is 60.3 Å². The topological polar surface area (TPSA) is 41.9 Å². The summed E-state index contributed by atoms with van der Waals surface area (Å²) in [5, 5.41) is 8.32. The zero-order chi connectivity index (χ0) is 7.23. The summed E-state index contributed by atoms with van der Waals surface area (Å²) < 4.78 is 9.92. The maximum absolute atomic E-state index is 8.32. The first-order valence-electron chi connectivity index (χ1n) is 3.42. The Morgan fingerprint density at radius 1 is 1.40 bits per heavy atom. The summed E-state index contributed by atoms with van der Waals surface area (Å²) in [7, 11) is 0. The van der Waals surface area contributed by atoms with Gasteiger partial charge in [0.05, 0.1) is 13.2 Å². The van der Waals surface area contributed by atoms with Crippen molar-refractivity contribution in [2.75, 3.05) is 39.8 Å². The van der Waals surface area contributed by atoms with Crippen LogP contribution in [0.2, 0.25) is 0 Å². The molecule has 0 aromatic heterocycles. The van der Waals surface area contributed by atoms with E-state index in [9.17, 15) is 0 Å². The predicted octanol–water partition coefficient (Wildman–Crippen LogP) is -0.758. The Morgan fingerprint density at radius 3 is 2.70 bits per heavy atom. The summed E-state index contributed by atoms with van der Waals surface area (Å²) in [5.41, 5.74) is 0. The van der Waals surface area contributed by atoms with Crippen LogP contribution in [0.5, 0.6) is 0 Å². The third-order valence-electron chi connectivity index (χ3n) is 1.47. The molecule has 1 saturated heterocycles. The molecule has 0 aliphatic carbocycles. The second-order valence-corrected chi connectivity index (χ2v) is 2.19. The van der Waals surface area contributed by atoms with E-state index in [1.54, 1.807) is 0 Å². The number of nitrogens with zero attached hydrogens (tertiary/aromatic N) is 1. The van der Waals surface area contributed by atoms with Crippen LogP contribution in [0.3, 0.4) is 0 Å². The predicted molar refractivity (Wildman–Crippen MR) is 35.4 cm³/mol. The van der Waals surface area contributed by atoms with Gasteiger partial charge in [-0.1, -0.05) is 0 Å². The number of aliphatic hydroxyl groups excluding tert-OH is 1. The quantitative estimate of drug-likeness (QED) is 0.533. The lowest BCUT2D eigenvalue weighted by molar-refractivity contribution is -0.0793. The minimum Gasteiger partial charge on any atom is -0.379 e. The summed E-state index contributed by atoms with van der Waals surface area (Å²) in [6.07, 6.45) is 0. The van der Waals surface area contributed by atoms with Gasteiger partial charge in [-0.25, -0.2) is 0 Å². The SMILES string of the molecule is OCOCN1CCOCC1. The molecule has 0 amide bonds. The molecule has 0 bridgehead atoms. The molecule has 1 N–H and O–H groups in total. The average molecular weight is 147 g/mol. The van der Waals surface area contributed by atoms with E-state index in [1.165, 1.54) is 0 Å². The van der Waals surface area contributed by atoms with Crippen molar-refractivity contribution in [2.24, 2.45) is 0 Å². The van der Waals surface area contributed by atoms with Crippen LogP contribution in [-0.2, 0) is 9.47 Å². The Balaban J connectivity index is 2.02. The van der Waals surface area contributed by atoms with Gasteiger partial charge in [-0.3, -0.25) is 4.90 Å². The van der Waals surface area contributed by atoms with E-state index in [1.807, 2.05) is 0 Å². The first-order chi connectivity index (χ1) is 4.93. The van der Waals surface area contributed by atoms with Gasteiger partial charge in [0.15, 0.2) is 0 Å². The van der Waals surface area contributed by atoms with E-state index >= 15 is 0 Å². The smallest absolute Gasteiger partial charge is 0.145 e. The molecule has 1 fully saturated rings. The average Bonchev–Trinajstić information content (AvgIpc) is 2.03. The fourth-order valence-electron chi connectivity index (χ4n) is 0.900. The van der Waals surface area contributed by atoms with E-state index in [2.05, 4.69) is 4.90 Å². The zero-order valence-electron chi connectivity index (χ0n) is 5.95. The molecule has 1 heterocycles. The van der Waals surface area contributed by atoms with Gasteiger partial charge < -0.3 is 14.6 Å². The fraction of sp³-hybridized carbons (Fsp3) is 1.00. The largest absolute Gasteiger partial charge is 0.379 e. The number of morpholine rings is 1. The third-order valence-corrected chi connectivity index (χ3v) is 1.47. The molecule has 0 radical (unpaired) electrons. The lowest BCUT2D eigenvalue weighted by Gasteiger charge is -2.25. The Bertz CT molecular complexity index is 83.1. The molecule has 0 unspecified atom stereocenters. The molecule has 0 aromatic carbocycles. The molecular formula is C6H13NO3. The van der Waals surface area contributed by atoms with Crippen molar-refractivity contribution >= 4 is 0 Å². The van der Waals surface area contributed by atoms with Crippen LogP contribution >= 0.6 is 0 Å². The molecule has 1 rings (SSSR count). The van der Waals surface area contributed by atoms with Crippen molar-refractivity contribution in [1.82, 2.24) is 4.90 Å². The number of ether oxygens (including phenoxy) is 2. The minimum absolute atomic E-state index is 0.197. The maximum atomic E-state index is 8.32. The lowest BCUT2D eigenvalue weighted by atomic mass is 10.5. The van der Waals surface area contributed by atoms with Crippen LogP contribution in [0.15, 0.2) is 0 Å². The molecule has 0 spiro atoms. The van der Waals surface area contributed by atoms with Crippen molar-refractivity contribution in [3.05, 3.63) is 0 Å². The molecule has 60 valence electrons. The molecule has 0 atom stereocenters. The van der Waals surface area contributed by atoms with E-state index in [0.29, 0.717) is 6.73 Å². The van der Waals surface area contributed by atoms with E-state index < -0.39 is 0 Å². The zero-order valence-corrected chi connectivity index (χ0v) is 5.95. The summed E-state index contributed by atoms with van der Waals surface area (Å²) in [6.45, 7) is 3.67. The number of hydrogen-bond donors (Lipinski definition) is 1. The summed E-state index contributed by atoms with van der Waals surface area (Å²) in [6, 6.07) is 0. The van der Waals surface area contributed by atoms with Crippen LogP contribution in [0.4, 0.5) is 0 Å². The second-order valence-electron chi connectivity index (χ2n) is 2.19. The highest BCUT2D eigenvalue weighted by Crippen LogP contribution is 1.95. The minimum atomic E-state index is -0.197.